The molecule has 0 bridgehead atoms. The molecule has 2 aliphatic heterocycles. The summed E-state index contributed by atoms with van der Waals surface area (Å²) in [6.07, 6.45) is 5.74. The molecule has 30 heavy (non-hydrogen) atoms. The minimum Gasteiger partial charge on any atom is -0.373 e. The summed E-state index contributed by atoms with van der Waals surface area (Å²) in [6.45, 7) is 5.72. The molecule has 0 radical (unpaired) electrons. The summed E-state index contributed by atoms with van der Waals surface area (Å²) in [5.41, 5.74) is 2.54. The van der Waals surface area contributed by atoms with Gasteiger partial charge in [-0.05, 0) is 29.8 Å². The fourth-order valence-electron chi connectivity index (χ4n) is 3.98. The highest BCUT2D eigenvalue weighted by Gasteiger charge is 2.25. The fraction of sp³-hybridized carbons (Fsp3) is 0.458. The summed E-state index contributed by atoms with van der Waals surface area (Å²) in [5, 5.41) is 1.27. The van der Waals surface area contributed by atoms with Crippen molar-refractivity contribution in [3.8, 4) is 0 Å². The maximum Gasteiger partial charge on any atom is 0.277 e. The van der Waals surface area contributed by atoms with Crippen LogP contribution in [0.4, 0.5) is 11.5 Å². The van der Waals surface area contributed by atoms with Crippen LogP contribution >= 0.6 is 11.8 Å². The number of anilines is 2. The molecule has 6 heteroatoms. The van der Waals surface area contributed by atoms with Gasteiger partial charge in [-0.25, -0.2) is 4.57 Å². The summed E-state index contributed by atoms with van der Waals surface area (Å²) in [7, 11) is 8.94. The van der Waals surface area contributed by atoms with E-state index in [1.165, 1.54) is 40.0 Å². The van der Waals surface area contributed by atoms with Gasteiger partial charge in [0.15, 0.2) is 0 Å². The highest BCUT2D eigenvalue weighted by Crippen LogP contribution is 2.45. The van der Waals surface area contributed by atoms with Gasteiger partial charge in [-0.15, -0.1) is 0 Å². The number of aryl methyl sites for hydroxylation is 1. The first-order valence-electron chi connectivity index (χ1n) is 10.8. The van der Waals surface area contributed by atoms with Crippen molar-refractivity contribution in [1.29, 1.82) is 0 Å². The minimum absolute atomic E-state index is 0.804. The molecule has 160 valence electrons. The molecule has 0 unspecified atom stereocenters. The molecular weight excluding hydrogens is 392 g/mol. The number of aromatic nitrogens is 1. The van der Waals surface area contributed by atoms with Gasteiger partial charge in [-0.1, -0.05) is 23.9 Å². The van der Waals surface area contributed by atoms with E-state index in [1.807, 2.05) is 11.8 Å². The Hall–Kier alpha value is -2.02. The zero-order valence-electron chi connectivity index (χ0n) is 18.7. The van der Waals surface area contributed by atoms with Crippen molar-refractivity contribution >= 4 is 29.3 Å². The van der Waals surface area contributed by atoms with Crippen LogP contribution in [0.5, 0.6) is 0 Å². The van der Waals surface area contributed by atoms with Crippen molar-refractivity contribution in [3.63, 3.8) is 0 Å². The second-order valence-electron chi connectivity index (χ2n) is 9.09. The fourth-order valence-corrected chi connectivity index (χ4v) is 5.09. The maximum atomic E-state index is 5.60. The zero-order chi connectivity index (χ0) is 21.1. The molecule has 4 rings (SSSR count). The van der Waals surface area contributed by atoms with Gasteiger partial charge in [0, 0.05) is 24.4 Å². The van der Waals surface area contributed by atoms with Crippen molar-refractivity contribution in [3.05, 3.63) is 53.2 Å². The Morgan fingerprint density at radius 3 is 2.63 bits per heavy atom. The number of pyridine rings is 1. The maximum absolute atomic E-state index is 5.60. The topological polar surface area (TPSA) is 19.6 Å². The molecule has 1 fully saturated rings. The minimum atomic E-state index is 0.804. The number of para-hydroxylation sites is 1. The summed E-state index contributed by atoms with van der Waals surface area (Å²) in [6, 6.07) is 13.2. The van der Waals surface area contributed by atoms with Gasteiger partial charge in [-0.3, -0.25) is 4.90 Å². The number of nitrogens with zero attached hydrogens (tertiary/aromatic N) is 4. The molecule has 0 aliphatic carbocycles. The van der Waals surface area contributed by atoms with E-state index in [1.54, 1.807) is 0 Å². The van der Waals surface area contributed by atoms with Crippen LogP contribution in [0, 0.1) is 0 Å². The number of benzene rings is 1. The van der Waals surface area contributed by atoms with Crippen molar-refractivity contribution in [2.24, 2.45) is 0 Å². The Balaban J connectivity index is 1.58. The van der Waals surface area contributed by atoms with Crippen LogP contribution in [-0.4, -0.2) is 65.5 Å². The number of hydrogen-bond acceptors (Lipinski definition) is 4. The van der Waals surface area contributed by atoms with Crippen molar-refractivity contribution < 1.29 is 13.8 Å². The van der Waals surface area contributed by atoms with Gasteiger partial charge in [-0.2, -0.15) is 0 Å². The third-order valence-corrected chi connectivity index (χ3v) is 6.83. The standard InChI is InChI=1S/C24H34N4OS/c1-25-21-8-5-6-9-22(21)30-24(25)19-20-10-12-26(11-7-15-28(2,3)4)23(18-20)27-13-16-29-17-14-27/h5-6,8-10,12,18-19H,7,11,13-17H2,1-4H3/q+2. The monoisotopic (exact) mass is 426 g/mol. The predicted molar refractivity (Wildman–Crippen MR) is 126 cm³/mol. The van der Waals surface area contributed by atoms with Gasteiger partial charge < -0.3 is 14.1 Å². The van der Waals surface area contributed by atoms with Crippen LogP contribution in [0.3, 0.4) is 0 Å². The molecular formula is C24H34N4OS+2. The van der Waals surface area contributed by atoms with E-state index in [-0.39, 0.29) is 0 Å². The molecule has 0 saturated carbocycles. The first-order chi connectivity index (χ1) is 14.4. The van der Waals surface area contributed by atoms with Gasteiger partial charge in [0.25, 0.3) is 5.82 Å². The first kappa shape index (κ1) is 21.2. The molecule has 5 nitrogen and oxygen atoms in total. The average Bonchev–Trinajstić information content (AvgIpc) is 3.04. The van der Waals surface area contributed by atoms with Crippen molar-refractivity contribution in [2.45, 2.75) is 17.9 Å². The third kappa shape index (κ3) is 4.99. The molecule has 0 atom stereocenters. The Labute approximate surface area is 185 Å². The molecule has 0 amide bonds. The van der Waals surface area contributed by atoms with Gasteiger partial charge >= 0.3 is 0 Å². The number of rotatable bonds is 6. The lowest BCUT2D eigenvalue weighted by Gasteiger charge is -2.25. The summed E-state index contributed by atoms with van der Waals surface area (Å²) >= 11 is 1.85. The van der Waals surface area contributed by atoms with Crippen LogP contribution in [-0.2, 0) is 11.3 Å². The van der Waals surface area contributed by atoms with Gasteiger partial charge in [0.05, 0.1) is 64.4 Å². The Morgan fingerprint density at radius 1 is 1.13 bits per heavy atom. The lowest BCUT2D eigenvalue weighted by Crippen LogP contribution is -2.47. The summed E-state index contributed by atoms with van der Waals surface area (Å²) in [4.78, 5) is 6.08. The quantitative estimate of drug-likeness (QED) is 0.520. The average molecular weight is 427 g/mol. The highest BCUT2D eigenvalue weighted by molar-refractivity contribution is 8.03. The largest absolute Gasteiger partial charge is 0.373 e. The molecule has 0 N–H and O–H groups in total. The summed E-state index contributed by atoms with van der Waals surface area (Å²) < 4.78 is 9.02. The smallest absolute Gasteiger partial charge is 0.277 e. The van der Waals surface area contributed by atoms with E-state index in [0.29, 0.717) is 0 Å². The number of hydrogen-bond donors (Lipinski definition) is 0. The van der Waals surface area contributed by atoms with E-state index in [9.17, 15) is 0 Å². The molecule has 0 spiro atoms. The molecule has 1 aromatic carbocycles. The summed E-state index contributed by atoms with van der Waals surface area (Å²) in [5.74, 6) is 1.30. The second-order valence-corrected chi connectivity index (χ2v) is 10.2. The van der Waals surface area contributed by atoms with E-state index in [0.717, 1.165) is 37.3 Å². The normalized spacial score (nSPS) is 18.2. The Bertz CT molecular complexity index is 916. The van der Waals surface area contributed by atoms with Gasteiger partial charge in [0.2, 0.25) is 0 Å². The second kappa shape index (κ2) is 9.00. The van der Waals surface area contributed by atoms with Crippen LogP contribution < -0.4 is 14.4 Å². The van der Waals surface area contributed by atoms with Crippen LogP contribution in [0.25, 0.3) is 6.08 Å². The first-order valence-corrected chi connectivity index (χ1v) is 11.6. The third-order valence-electron chi connectivity index (χ3n) is 5.66. The zero-order valence-corrected chi connectivity index (χ0v) is 19.5. The van der Waals surface area contributed by atoms with Crippen LogP contribution in [0.2, 0.25) is 0 Å². The molecule has 1 aromatic heterocycles. The molecule has 3 heterocycles. The number of quaternary nitrogens is 1. The predicted octanol–water partition coefficient (Wildman–Crippen LogP) is 3.45. The highest BCUT2D eigenvalue weighted by atomic mass is 32.2. The van der Waals surface area contributed by atoms with E-state index in [2.05, 4.69) is 91.2 Å². The Morgan fingerprint density at radius 2 is 1.90 bits per heavy atom. The van der Waals surface area contributed by atoms with E-state index < -0.39 is 0 Å². The lowest BCUT2D eigenvalue weighted by molar-refractivity contribution is -0.873. The van der Waals surface area contributed by atoms with Gasteiger partial charge in [0.1, 0.15) is 13.1 Å². The Kier molecular flexibility index (Phi) is 6.37. The van der Waals surface area contributed by atoms with Crippen molar-refractivity contribution in [1.82, 2.24) is 0 Å². The number of morpholine rings is 1. The lowest BCUT2D eigenvalue weighted by atomic mass is 10.2. The number of fused-ring (bicyclic) bond motifs is 1. The number of ether oxygens (including phenoxy) is 1. The van der Waals surface area contributed by atoms with Crippen LogP contribution in [0.1, 0.15) is 12.0 Å². The molecule has 1 saturated heterocycles. The van der Waals surface area contributed by atoms with E-state index >= 15 is 0 Å². The number of thioether (sulfide) groups is 1. The van der Waals surface area contributed by atoms with Crippen LogP contribution in [0.15, 0.2) is 52.5 Å². The van der Waals surface area contributed by atoms with Crippen molar-refractivity contribution in [2.75, 3.05) is 70.8 Å². The van der Waals surface area contributed by atoms with E-state index in [4.69, 9.17) is 4.74 Å². The molecule has 2 aromatic rings. The SMILES string of the molecule is CN1/C(=C/c2cc[n+](CCC[N+](C)(C)C)c(N3CCOCC3)c2)Sc2ccccc21. The molecule has 2 aliphatic rings.